The van der Waals surface area contributed by atoms with Crippen molar-refractivity contribution in [2.45, 2.75) is 6.92 Å². The highest BCUT2D eigenvalue weighted by Crippen LogP contribution is 2.31. The highest BCUT2D eigenvalue weighted by atomic mass is 79.9. The van der Waals surface area contributed by atoms with Crippen LogP contribution < -0.4 is 11.1 Å². The lowest BCUT2D eigenvalue weighted by molar-refractivity contribution is 0.102. The number of aryl methyl sites for hydroxylation is 1. The van der Waals surface area contributed by atoms with E-state index in [9.17, 15) is 4.79 Å². The molecule has 3 N–H and O–H groups in total. The first-order chi connectivity index (χ1) is 8.49. The minimum absolute atomic E-state index is 0.285. The van der Waals surface area contributed by atoms with E-state index < -0.39 is 0 Å². The van der Waals surface area contributed by atoms with E-state index in [1.165, 1.54) is 6.26 Å². The number of rotatable bonds is 2. The number of carbonyl (C=O) groups excluding carboxylic acids is 1. The van der Waals surface area contributed by atoms with Gasteiger partial charge in [0.1, 0.15) is 0 Å². The summed E-state index contributed by atoms with van der Waals surface area (Å²) in [7, 11) is 0. The van der Waals surface area contributed by atoms with Crippen LogP contribution in [0.4, 0.5) is 11.4 Å². The number of amides is 1. The molecule has 0 bridgehead atoms. The maximum absolute atomic E-state index is 12.0. The second-order valence-electron chi connectivity index (χ2n) is 3.77. The van der Waals surface area contributed by atoms with Gasteiger partial charge in [0.05, 0.1) is 23.2 Å². The molecule has 0 atom stereocenters. The summed E-state index contributed by atoms with van der Waals surface area (Å²) in [6.45, 7) is 1.93. The van der Waals surface area contributed by atoms with Crippen LogP contribution in [-0.4, -0.2) is 5.91 Å². The van der Waals surface area contributed by atoms with Crippen LogP contribution in [0.2, 0.25) is 0 Å². The number of furan rings is 1. The van der Waals surface area contributed by atoms with Crippen LogP contribution in [0, 0.1) is 6.92 Å². The van der Waals surface area contributed by atoms with E-state index in [2.05, 4.69) is 37.2 Å². The summed E-state index contributed by atoms with van der Waals surface area (Å²) >= 11 is 6.54. The predicted octanol–water partition coefficient (Wildman–Crippen LogP) is 3.95. The fourth-order valence-electron chi connectivity index (χ4n) is 1.54. The Morgan fingerprint density at radius 2 is 2.11 bits per heavy atom. The zero-order valence-electron chi connectivity index (χ0n) is 9.46. The Labute approximate surface area is 121 Å². The zero-order valence-corrected chi connectivity index (χ0v) is 12.6. The summed E-state index contributed by atoms with van der Waals surface area (Å²) in [6.07, 6.45) is 1.44. The maximum atomic E-state index is 12.0. The number of nitrogen functional groups attached to an aromatic ring is 1. The molecule has 1 amide bonds. The Hall–Kier alpha value is -1.27. The lowest BCUT2D eigenvalue weighted by Crippen LogP contribution is -2.13. The normalized spacial score (nSPS) is 10.4. The van der Waals surface area contributed by atoms with Gasteiger partial charge < -0.3 is 15.5 Å². The molecule has 0 radical (unpaired) electrons. The Morgan fingerprint density at radius 1 is 1.39 bits per heavy atom. The molecule has 0 unspecified atom stereocenters. The second kappa shape index (κ2) is 5.16. The van der Waals surface area contributed by atoms with Gasteiger partial charge in [-0.05, 0) is 62.5 Å². The van der Waals surface area contributed by atoms with Crippen molar-refractivity contribution in [3.63, 3.8) is 0 Å². The van der Waals surface area contributed by atoms with Crippen molar-refractivity contribution in [1.29, 1.82) is 0 Å². The van der Waals surface area contributed by atoms with Crippen molar-refractivity contribution in [2.24, 2.45) is 0 Å². The maximum Gasteiger partial charge on any atom is 0.260 e. The highest BCUT2D eigenvalue weighted by Gasteiger charge is 2.15. The molecule has 0 spiro atoms. The molecule has 0 saturated carbocycles. The molecule has 1 aromatic heterocycles. The molecule has 18 heavy (non-hydrogen) atoms. The monoisotopic (exact) mass is 372 g/mol. The molecule has 1 heterocycles. The summed E-state index contributed by atoms with van der Waals surface area (Å²) in [5, 5.41) is 2.75. The number of nitrogens with two attached hydrogens (primary N) is 1. The summed E-state index contributed by atoms with van der Waals surface area (Å²) in [6, 6.07) is 5.26. The average molecular weight is 374 g/mol. The second-order valence-corrected chi connectivity index (χ2v) is 5.35. The molecular weight excluding hydrogens is 364 g/mol. The summed E-state index contributed by atoms with van der Waals surface area (Å²) in [5.74, 6) is -0.285. The lowest BCUT2D eigenvalue weighted by Gasteiger charge is -2.10. The zero-order chi connectivity index (χ0) is 13.3. The molecular formula is C12H10Br2N2O2. The number of hydrogen-bond donors (Lipinski definition) is 2. The van der Waals surface area contributed by atoms with E-state index in [1.54, 1.807) is 12.1 Å². The smallest absolute Gasteiger partial charge is 0.260 e. The van der Waals surface area contributed by atoms with Crippen molar-refractivity contribution in [3.05, 3.63) is 44.7 Å². The average Bonchev–Trinajstić information content (AvgIpc) is 2.69. The molecule has 6 heteroatoms. The van der Waals surface area contributed by atoms with E-state index in [0.29, 0.717) is 21.6 Å². The van der Waals surface area contributed by atoms with Gasteiger partial charge in [0, 0.05) is 4.47 Å². The van der Waals surface area contributed by atoms with Gasteiger partial charge in [0.2, 0.25) is 0 Å². The number of benzene rings is 1. The quantitative estimate of drug-likeness (QED) is 0.783. The minimum atomic E-state index is -0.285. The molecule has 0 fully saturated rings. The Morgan fingerprint density at radius 3 is 2.67 bits per heavy atom. The molecule has 0 aliphatic carbocycles. The van der Waals surface area contributed by atoms with Crippen LogP contribution in [-0.2, 0) is 0 Å². The first-order valence-corrected chi connectivity index (χ1v) is 6.67. The molecule has 4 nitrogen and oxygen atoms in total. The first-order valence-electron chi connectivity index (χ1n) is 5.09. The van der Waals surface area contributed by atoms with E-state index in [0.717, 1.165) is 10.0 Å². The van der Waals surface area contributed by atoms with Crippen LogP contribution in [0.3, 0.4) is 0 Å². The third-order valence-electron chi connectivity index (χ3n) is 2.37. The number of anilines is 2. The van der Waals surface area contributed by atoms with Gasteiger partial charge in [-0.15, -0.1) is 0 Å². The number of nitrogens with one attached hydrogen (secondary N) is 1. The number of carbonyl (C=O) groups is 1. The summed E-state index contributed by atoms with van der Waals surface area (Å²) in [4.78, 5) is 12.0. The third-order valence-corrected chi connectivity index (χ3v) is 3.61. The standard InChI is InChI=1S/C12H10Br2N2O2/c1-6-4-8(13)10(9(15)5-6)16-12(17)7-2-3-18-11(7)14/h2-5H,15H2,1H3,(H,16,17). The van der Waals surface area contributed by atoms with Gasteiger partial charge in [0.15, 0.2) is 4.67 Å². The molecule has 0 aliphatic heterocycles. The van der Waals surface area contributed by atoms with Crippen LogP contribution >= 0.6 is 31.9 Å². The van der Waals surface area contributed by atoms with E-state index in [1.807, 2.05) is 13.0 Å². The summed E-state index contributed by atoms with van der Waals surface area (Å²) in [5.41, 5.74) is 8.38. The third kappa shape index (κ3) is 2.59. The fraction of sp³-hybridized carbons (Fsp3) is 0.0833. The number of halogens is 2. The molecule has 94 valence electrons. The summed E-state index contributed by atoms with van der Waals surface area (Å²) < 4.78 is 6.15. The van der Waals surface area contributed by atoms with Crippen LogP contribution in [0.1, 0.15) is 15.9 Å². The largest absolute Gasteiger partial charge is 0.457 e. The van der Waals surface area contributed by atoms with Gasteiger partial charge in [-0.25, -0.2) is 0 Å². The van der Waals surface area contributed by atoms with Crippen LogP contribution in [0.25, 0.3) is 0 Å². The Kier molecular flexibility index (Phi) is 3.77. The minimum Gasteiger partial charge on any atom is -0.457 e. The number of hydrogen-bond acceptors (Lipinski definition) is 3. The predicted molar refractivity (Wildman–Crippen MR) is 77.7 cm³/mol. The fourth-order valence-corrected chi connectivity index (χ4v) is 2.65. The van der Waals surface area contributed by atoms with E-state index in [4.69, 9.17) is 10.2 Å². The molecule has 2 aromatic rings. The van der Waals surface area contributed by atoms with Gasteiger partial charge >= 0.3 is 0 Å². The van der Waals surface area contributed by atoms with E-state index >= 15 is 0 Å². The van der Waals surface area contributed by atoms with Crippen LogP contribution in [0.5, 0.6) is 0 Å². The van der Waals surface area contributed by atoms with Crippen LogP contribution in [0.15, 0.2) is 38.0 Å². The van der Waals surface area contributed by atoms with Crippen molar-refractivity contribution in [3.8, 4) is 0 Å². The molecule has 1 aromatic carbocycles. The molecule has 2 rings (SSSR count). The van der Waals surface area contributed by atoms with Crippen molar-refractivity contribution >= 4 is 49.1 Å². The van der Waals surface area contributed by atoms with E-state index in [-0.39, 0.29) is 5.91 Å². The molecule has 0 aliphatic rings. The van der Waals surface area contributed by atoms with Crippen molar-refractivity contribution < 1.29 is 9.21 Å². The lowest BCUT2D eigenvalue weighted by atomic mass is 10.2. The SMILES string of the molecule is Cc1cc(N)c(NC(=O)c2ccoc2Br)c(Br)c1. The van der Waals surface area contributed by atoms with Crippen molar-refractivity contribution in [2.75, 3.05) is 11.1 Å². The molecule has 0 saturated heterocycles. The Bertz CT molecular complexity index is 585. The Balaban J connectivity index is 2.31. The topological polar surface area (TPSA) is 68.3 Å². The van der Waals surface area contributed by atoms with Gasteiger partial charge in [-0.2, -0.15) is 0 Å². The van der Waals surface area contributed by atoms with Gasteiger partial charge in [-0.1, -0.05) is 0 Å². The highest BCUT2D eigenvalue weighted by molar-refractivity contribution is 9.10. The van der Waals surface area contributed by atoms with Crippen molar-refractivity contribution in [1.82, 2.24) is 0 Å². The first kappa shape index (κ1) is 13.2. The van der Waals surface area contributed by atoms with Gasteiger partial charge in [-0.3, -0.25) is 4.79 Å². The van der Waals surface area contributed by atoms with Gasteiger partial charge in [0.25, 0.3) is 5.91 Å².